The fourth-order valence-electron chi connectivity index (χ4n) is 3.73. The fraction of sp³-hybridized carbons (Fsp3) is 0.185. The molecule has 160 valence electrons. The zero-order valence-corrected chi connectivity index (χ0v) is 19.5. The number of aromatic nitrogens is 3. The molecule has 0 bridgehead atoms. The zero-order valence-electron chi connectivity index (χ0n) is 18.7. The van der Waals surface area contributed by atoms with Crippen molar-refractivity contribution in [1.82, 2.24) is 14.8 Å². The summed E-state index contributed by atoms with van der Waals surface area (Å²) < 4.78 is 7.30. The van der Waals surface area contributed by atoms with Crippen molar-refractivity contribution in [2.75, 3.05) is 7.11 Å². The Hall–Kier alpha value is -3.62. The van der Waals surface area contributed by atoms with E-state index >= 15 is 0 Å². The van der Waals surface area contributed by atoms with Crippen molar-refractivity contribution in [2.45, 2.75) is 20.3 Å². The molecule has 4 nitrogen and oxygen atoms in total. The summed E-state index contributed by atoms with van der Waals surface area (Å²) in [6.07, 6.45) is 8.50. The van der Waals surface area contributed by atoms with E-state index in [1.165, 1.54) is 11.3 Å². The fourth-order valence-corrected chi connectivity index (χ4v) is 4.38. The Morgan fingerprint density at radius 3 is 2.53 bits per heavy atom. The first-order chi connectivity index (χ1) is 15.5. The number of hydrogen-bond donors (Lipinski definition) is 0. The molecule has 3 heterocycles. The molecule has 0 atom stereocenters. The topological polar surface area (TPSA) is 39.9 Å². The van der Waals surface area contributed by atoms with Crippen LogP contribution in [0.2, 0.25) is 0 Å². The van der Waals surface area contributed by atoms with Gasteiger partial charge in [0.05, 0.1) is 24.3 Å². The third kappa shape index (κ3) is 4.10. The van der Waals surface area contributed by atoms with Gasteiger partial charge in [-0.1, -0.05) is 31.0 Å². The molecule has 5 rings (SSSR count). The number of ether oxygens (including phenoxy) is 1. The molecule has 5 heteroatoms. The number of hydrogen-bond acceptors (Lipinski definition) is 4. The van der Waals surface area contributed by atoms with Crippen molar-refractivity contribution in [3.05, 3.63) is 76.1 Å². The molecule has 0 unspecified atom stereocenters. The Labute approximate surface area is 192 Å². The number of terminal acetylenes is 1. The van der Waals surface area contributed by atoms with Gasteiger partial charge in [-0.2, -0.15) is 5.10 Å². The predicted molar refractivity (Wildman–Crippen MR) is 134 cm³/mol. The standard InChI is InChI=1S/C21H17N3O.C6H8S/c1-5-14-6-8-15(9-7-14)21-20-16-10-13(2)19(25-4)11-17(16)22-12-18(20)24(3)23-21;1-2-6-4-3-5-7-6/h1,6-12H,2-4H3;3-5H,2H2,1H3. The number of rotatable bonds is 3. The van der Waals surface area contributed by atoms with Gasteiger partial charge in [0.1, 0.15) is 11.4 Å². The molecule has 0 spiro atoms. The number of thiophene rings is 1. The Morgan fingerprint density at radius 2 is 1.94 bits per heavy atom. The summed E-state index contributed by atoms with van der Waals surface area (Å²) in [6.45, 7) is 4.21. The third-order valence-electron chi connectivity index (χ3n) is 5.45. The number of pyridine rings is 1. The molecule has 0 aliphatic heterocycles. The Morgan fingerprint density at radius 1 is 1.16 bits per heavy atom. The minimum absolute atomic E-state index is 0.836. The minimum atomic E-state index is 0.836. The van der Waals surface area contributed by atoms with E-state index in [0.717, 1.165) is 49.9 Å². The molecule has 0 saturated carbocycles. The summed E-state index contributed by atoms with van der Waals surface area (Å²) in [5.74, 6) is 3.48. The van der Waals surface area contributed by atoms with Gasteiger partial charge in [0, 0.05) is 39.9 Å². The van der Waals surface area contributed by atoms with E-state index in [9.17, 15) is 0 Å². The first-order valence-corrected chi connectivity index (χ1v) is 11.3. The highest BCUT2D eigenvalue weighted by molar-refractivity contribution is 7.09. The van der Waals surface area contributed by atoms with E-state index in [1.54, 1.807) is 7.11 Å². The van der Waals surface area contributed by atoms with Gasteiger partial charge >= 0.3 is 0 Å². The molecule has 2 aromatic carbocycles. The van der Waals surface area contributed by atoms with Crippen LogP contribution in [0.1, 0.15) is 22.9 Å². The van der Waals surface area contributed by atoms with E-state index in [1.807, 2.05) is 66.5 Å². The van der Waals surface area contributed by atoms with Crippen LogP contribution in [-0.2, 0) is 13.5 Å². The monoisotopic (exact) mass is 439 g/mol. The molecule has 0 radical (unpaired) electrons. The number of methoxy groups -OCH3 is 1. The predicted octanol–water partition coefficient (Wildman–Crippen LogP) is 6.40. The molecule has 3 aromatic heterocycles. The molecule has 32 heavy (non-hydrogen) atoms. The minimum Gasteiger partial charge on any atom is -0.496 e. The van der Waals surface area contributed by atoms with Gasteiger partial charge < -0.3 is 4.74 Å². The average Bonchev–Trinajstić information content (AvgIpc) is 3.47. The van der Waals surface area contributed by atoms with Crippen LogP contribution in [0.15, 0.2) is 60.1 Å². The molecule has 0 aliphatic carbocycles. The molecule has 0 amide bonds. The molecule has 5 aromatic rings. The molecule has 0 aliphatic rings. The number of benzene rings is 2. The Balaban J connectivity index is 0.000000300. The first kappa shape index (κ1) is 21.6. The molecule has 0 N–H and O–H groups in total. The Kier molecular flexibility index (Phi) is 6.25. The first-order valence-electron chi connectivity index (χ1n) is 10.4. The smallest absolute Gasteiger partial charge is 0.123 e. The van der Waals surface area contributed by atoms with E-state index in [4.69, 9.17) is 16.3 Å². The van der Waals surface area contributed by atoms with Crippen LogP contribution >= 0.6 is 11.3 Å². The zero-order chi connectivity index (χ0) is 22.7. The van der Waals surface area contributed by atoms with Crippen molar-refractivity contribution in [3.8, 4) is 29.4 Å². The average molecular weight is 440 g/mol. The maximum atomic E-state index is 5.46. The summed E-state index contributed by atoms with van der Waals surface area (Å²) in [5.41, 5.74) is 5.78. The Bertz CT molecular complexity index is 1410. The lowest BCUT2D eigenvalue weighted by Crippen LogP contribution is -1.91. The summed E-state index contributed by atoms with van der Waals surface area (Å²) in [4.78, 5) is 6.06. The van der Waals surface area contributed by atoms with Gasteiger partial charge in [0.15, 0.2) is 0 Å². The largest absolute Gasteiger partial charge is 0.496 e. The van der Waals surface area contributed by atoms with Crippen molar-refractivity contribution >= 4 is 33.1 Å². The lowest BCUT2D eigenvalue weighted by Gasteiger charge is -2.08. The van der Waals surface area contributed by atoms with E-state index in [2.05, 4.69) is 41.4 Å². The highest BCUT2D eigenvalue weighted by Crippen LogP contribution is 2.35. The summed E-state index contributed by atoms with van der Waals surface area (Å²) in [5, 5.41) is 9.00. The number of aryl methyl sites for hydroxylation is 3. The van der Waals surface area contributed by atoms with Crippen LogP contribution in [0.4, 0.5) is 0 Å². The second-order valence-electron chi connectivity index (χ2n) is 7.48. The van der Waals surface area contributed by atoms with E-state index < -0.39 is 0 Å². The third-order valence-corrected chi connectivity index (χ3v) is 6.47. The molecular weight excluding hydrogens is 414 g/mol. The SMILES string of the molecule is C#Cc1ccc(-c2nn(C)c3cnc4cc(OC)c(C)cc4c23)cc1.CCc1cccs1. The maximum Gasteiger partial charge on any atom is 0.123 e. The second-order valence-corrected chi connectivity index (χ2v) is 8.52. The maximum absolute atomic E-state index is 5.46. The lowest BCUT2D eigenvalue weighted by molar-refractivity contribution is 0.412. The lowest BCUT2D eigenvalue weighted by atomic mass is 10.0. The molecule has 0 saturated heterocycles. The molecule has 0 fully saturated rings. The van der Waals surface area contributed by atoms with Gasteiger partial charge in [0.2, 0.25) is 0 Å². The van der Waals surface area contributed by atoms with Gasteiger partial charge in [-0.05, 0) is 48.6 Å². The van der Waals surface area contributed by atoms with Crippen LogP contribution in [0, 0.1) is 19.3 Å². The van der Waals surface area contributed by atoms with Crippen molar-refractivity contribution in [1.29, 1.82) is 0 Å². The highest BCUT2D eigenvalue weighted by Gasteiger charge is 2.16. The van der Waals surface area contributed by atoms with Crippen LogP contribution in [0.3, 0.4) is 0 Å². The molecular formula is C27H25N3OS. The quantitative estimate of drug-likeness (QED) is 0.306. The highest BCUT2D eigenvalue weighted by atomic mass is 32.1. The normalized spacial score (nSPS) is 10.6. The summed E-state index contributed by atoms with van der Waals surface area (Å²) >= 11 is 1.82. The van der Waals surface area contributed by atoms with Crippen LogP contribution < -0.4 is 4.74 Å². The van der Waals surface area contributed by atoms with Crippen molar-refractivity contribution in [3.63, 3.8) is 0 Å². The van der Waals surface area contributed by atoms with E-state index in [-0.39, 0.29) is 0 Å². The van der Waals surface area contributed by atoms with Crippen molar-refractivity contribution < 1.29 is 4.74 Å². The van der Waals surface area contributed by atoms with Crippen LogP contribution in [-0.4, -0.2) is 21.9 Å². The van der Waals surface area contributed by atoms with Gasteiger partial charge in [-0.3, -0.25) is 9.67 Å². The summed E-state index contributed by atoms with van der Waals surface area (Å²) in [6, 6.07) is 16.2. The van der Waals surface area contributed by atoms with Gasteiger partial charge in [0.25, 0.3) is 0 Å². The second kappa shape index (κ2) is 9.25. The summed E-state index contributed by atoms with van der Waals surface area (Å²) in [7, 11) is 3.61. The van der Waals surface area contributed by atoms with Crippen molar-refractivity contribution in [2.24, 2.45) is 7.05 Å². The van der Waals surface area contributed by atoms with Crippen LogP contribution in [0.5, 0.6) is 5.75 Å². The van der Waals surface area contributed by atoms with Crippen LogP contribution in [0.25, 0.3) is 33.1 Å². The number of nitrogens with zero attached hydrogens (tertiary/aromatic N) is 3. The number of fused-ring (bicyclic) bond motifs is 3. The van der Waals surface area contributed by atoms with Gasteiger partial charge in [-0.15, -0.1) is 17.8 Å². The van der Waals surface area contributed by atoms with E-state index in [0.29, 0.717) is 0 Å². The van der Waals surface area contributed by atoms with Gasteiger partial charge in [-0.25, -0.2) is 0 Å².